The second kappa shape index (κ2) is 17.0. The van der Waals surface area contributed by atoms with Gasteiger partial charge in [-0.05, 0) is 79.4 Å². The lowest BCUT2D eigenvalue weighted by Crippen LogP contribution is -2.55. The minimum Gasteiger partial charge on any atom is -0.497 e. The van der Waals surface area contributed by atoms with E-state index in [-0.39, 0.29) is 29.8 Å². The van der Waals surface area contributed by atoms with Crippen LogP contribution in [0.3, 0.4) is 0 Å². The maximum Gasteiger partial charge on any atom is 0.264 e. The summed E-state index contributed by atoms with van der Waals surface area (Å²) in [5.74, 6) is 0.414. The average Bonchev–Trinajstić information content (AvgIpc) is 3.13. The SMILES string of the molecule is CCOc1ccc(N(CC(=O)N(Cc2cccc(OC)c2)[C@H](Cc2ccccc2)C(=O)NC2CCCCC2)S(=O)(=O)c2ccccc2)cc1. The third kappa shape index (κ3) is 9.41. The summed E-state index contributed by atoms with van der Waals surface area (Å²) >= 11 is 0. The fraction of sp³-hybridized carbons (Fsp3) is 0.333. The molecule has 0 unspecified atom stereocenters. The molecule has 1 aliphatic carbocycles. The number of sulfonamides is 1. The minimum atomic E-state index is -4.19. The molecule has 1 aliphatic rings. The van der Waals surface area contributed by atoms with Crippen molar-refractivity contribution >= 4 is 27.5 Å². The molecule has 258 valence electrons. The normalized spacial score (nSPS) is 14.0. The van der Waals surface area contributed by atoms with Crippen molar-refractivity contribution in [3.05, 3.63) is 120 Å². The molecular formula is C39H45N3O6S. The molecule has 1 atom stereocenters. The summed E-state index contributed by atoms with van der Waals surface area (Å²) in [6.45, 7) is 1.85. The van der Waals surface area contributed by atoms with E-state index in [0.717, 1.165) is 47.5 Å². The maximum atomic E-state index is 14.7. The van der Waals surface area contributed by atoms with Crippen molar-refractivity contribution < 1.29 is 27.5 Å². The van der Waals surface area contributed by atoms with Crippen LogP contribution < -0.4 is 19.1 Å². The maximum absolute atomic E-state index is 14.7. The molecule has 4 aromatic rings. The van der Waals surface area contributed by atoms with Crippen molar-refractivity contribution in [1.29, 1.82) is 0 Å². The molecule has 1 saturated carbocycles. The van der Waals surface area contributed by atoms with Gasteiger partial charge in [-0.25, -0.2) is 8.42 Å². The average molecular weight is 684 g/mol. The van der Waals surface area contributed by atoms with Gasteiger partial charge >= 0.3 is 0 Å². The largest absolute Gasteiger partial charge is 0.497 e. The number of hydrogen-bond donors (Lipinski definition) is 1. The first-order chi connectivity index (χ1) is 23.8. The monoisotopic (exact) mass is 683 g/mol. The molecule has 10 heteroatoms. The Bertz CT molecular complexity index is 1760. The van der Waals surface area contributed by atoms with Crippen LogP contribution in [-0.2, 0) is 32.6 Å². The summed E-state index contributed by atoms with van der Waals surface area (Å²) < 4.78 is 40.6. The number of nitrogens with one attached hydrogen (secondary N) is 1. The lowest BCUT2D eigenvalue weighted by Gasteiger charge is -2.35. The Kier molecular flexibility index (Phi) is 12.3. The van der Waals surface area contributed by atoms with Crippen LogP contribution in [0.2, 0.25) is 0 Å². The van der Waals surface area contributed by atoms with Crippen LogP contribution in [0, 0.1) is 0 Å². The summed E-state index contributed by atoms with van der Waals surface area (Å²) in [6.07, 6.45) is 5.23. The van der Waals surface area contributed by atoms with E-state index in [2.05, 4.69) is 5.32 Å². The Morgan fingerprint density at radius 2 is 1.47 bits per heavy atom. The number of nitrogens with zero attached hydrogens (tertiary/aromatic N) is 2. The highest BCUT2D eigenvalue weighted by molar-refractivity contribution is 7.92. The number of benzene rings is 4. The fourth-order valence-electron chi connectivity index (χ4n) is 6.19. The summed E-state index contributed by atoms with van der Waals surface area (Å²) in [7, 11) is -2.62. The van der Waals surface area contributed by atoms with Crippen molar-refractivity contribution in [3.63, 3.8) is 0 Å². The van der Waals surface area contributed by atoms with Crippen molar-refractivity contribution in [2.75, 3.05) is 24.6 Å². The van der Waals surface area contributed by atoms with E-state index in [9.17, 15) is 18.0 Å². The van der Waals surface area contributed by atoms with E-state index in [4.69, 9.17) is 9.47 Å². The highest BCUT2D eigenvalue weighted by Gasteiger charge is 2.35. The molecule has 0 heterocycles. The molecule has 1 N–H and O–H groups in total. The molecule has 5 rings (SSSR count). The van der Waals surface area contributed by atoms with Gasteiger partial charge in [0, 0.05) is 19.0 Å². The van der Waals surface area contributed by atoms with E-state index in [0.29, 0.717) is 23.8 Å². The number of amides is 2. The van der Waals surface area contributed by atoms with Crippen LogP contribution in [0.15, 0.2) is 114 Å². The summed E-state index contributed by atoms with van der Waals surface area (Å²) in [5, 5.41) is 3.24. The van der Waals surface area contributed by atoms with E-state index in [1.165, 1.54) is 17.0 Å². The van der Waals surface area contributed by atoms with Gasteiger partial charge in [0.15, 0.2) is 0 Å². The minimum absolute atomic E-state index is 0.0205. The predicted molar refractivity (Wildman–Crippen MR) is 191 cm³/mol. The number of carbonyl (C=O) groups excluding carboxylic acids is 2. The number of rotatable bonds is 15. The van der Waals surface area contributed by atoms with Gasteiger partial charge in [0.2, 0.25) is 11.8 Å². The Labute approximate surface area is 289 Å². The molecule has 0 saturated heterocycles. The Morgan fingerprint density at radius 1 is 0.816 bits per heavy atom. The lowest BCUT2D eigenvalue weighted by atomic mass is 9.94. The zero-order valence-electron chi connectivity index (χ0n) is 28.2. The zero-order valence-corrected chi connectivity index (χ0v) is 29.0. The first-order valence-electron chi connectivity index (χ1n) is 16.9. The molecular weight excluding hydrogens is 639 g/mol. The van der Waals surface area contributed by atoms with Gasteiger partial charge in [-0.2, -0.15) is 0 Å². The summed E-state index contributed by atoms with van der Waals surface area (Å²) in [5.41, 5.74) is 1.93. The number of anilines is 1. The third-order valence-electron chi connectivity index (χ3n) is 8.76. The number of ether oxygens (including phenoxy) is 2. The van der Waals surface area contributed by atoms with Crippen LogP contribution in [-0.4, -0.2) is 57.5 Å². The second-order valence-electron chi connectivity index (χ2n) is 12.2. The molecule has 0 spiro atoms. The first-order valence-corrected chi connectivity index (χ1v) is 18.3. The predicted octanol–water partition coefficient (Wildman–Crippen LogP) is 6.38. The van der Waals surface area contributed by atoms with E-state index < -0.39 is 28.5 Å². The highest BCUT2D eigenvalue weighted by atomic mass is 32.2. The van der Waals surface area contributed by atoms with Gasteiger partial charge in [-0.1, -0.05) is 79.9 Å². The number of carbonyl (C=O) groups is 2. The van der Waals surface area contributed by atoms with Gasteiger partial charge < -0.3 is 19.7 Å². The highest BCUT2D eigenvalue weighted by Crippen LogP contribution is 2.28. The summed E-state index contributed by atoms with van der Waals surface area (Å²) in [6, 6.07) is 30.7. The Balaban J connectivity index is 1.56. The molecule has 4 aromatic carbocycles. The Morgan fingerprint density at radius 3 is 2.12 bits per heavy atom. The van der Waals surface area contributed by atoms with Crippen molar-refractivity contribution in [1.82, 2.24) is 10.2 Å². The van der Waals surface area contributed by atoms with Gasteiger partial charge in [0.1, 0.15) is 24.1 Å². The third-order valence-corrected chi connectivity index (χ3v) is 10.5. The zero-order chi connectivity index (χ0) is 34.6. The molecule has 0 radical (unpaired) electrons. The van der Waals surface area contributed by atoms with Crippen LogP contribution in [0.4, 0.5) is 5.69 Å². The van der Waals surface area contributed by atoms with Gasteiger partial charge in [0.25, 0.3) is 10.0 Å². The van der Waals surface area contributed by atoms with Gasteiger partial charge in [0.05, 0.1) is 24.3 Å². The molecule has 49 heavy (non-hydrogen) atoms. The number of methoxy groups -OCH3 is 1. The van der Waals surface area contributed by atoms with Gasteiger partial charge in [-0.3, -0.25) is 13.9 Å². The lowest BCUT2D eigenvalue weighted by molar-refractivity contribution is -0.140. The van der Waals surface area contributed by atoms with Crippen LogP contribution in [0.25, 0.3) is 0 Å². The molecule has 0 aromatic heterocycles. The van der Waals surface area contributed by atoms with Crippen LogP contribution in [0.1, 0.15) is 50.2 Å². The molecule has 2 amide bonds. The van der Waals surface area contributed by atoms with Crippen LogP contribution in [0.5, 0.6) is 11.5 Å². The second-order valence-corrected chi connectivity index (χ2v) is 14.0. The van der Waals surface area contributed by atoms with E-state index in [1.54, 1.807) is 49.6 Å². The smallest absolute Gasteiger partial charge is 0.264 e. The molecule has 1 fully saturated rings. The molecule has 9 nitrogen and oxygen atoms in total. The molecule has 0 bridgehead atoms. The van der Waals surface area contributed by atoms with E-state index in [1.807, 2.05) is 61.5 Å². The van der Waals surface area contributed by atoms with Crippen LogP contribution >= 0.6 is 0 Å². The summed E-state index contributed by atoms with van der Waals surface area (Å²) in [4.78, 5) is 30.6. The first kappa shape index (κ1) is 35.5. The van der Waals surface area contributed by atoms with E-state index >= 15 is 0 Å². The van der Waals surface area contributed by atoms with Crippen molar-refractivity contribution in [2.45, 2.75) is 69.0 Å². The van der Waals surface area contributed by atoms with Crippen molar-refractivity contribution in [3.8, 4) is 11.5 Å². The standard InChI is InChI=1S/C39H45N3O6S/c1-3-48-34-24-22-33(23-25-34)42(49(45,46)36-20-11-6-12-21-36)29-38(43)41(28-31-16-13-19-35(26-31)47-2)37(27-30-14-7-4-8-15-30)39(44)40-32-17-9-5-10-18-32/h4,6-8,11-16,19-26,32,37H,3,5,9-10,17-18,27-29H2,1-2H3,(H,40,44)/t37-/m1/s1. The number of hydrogen-bond acceptors (Lipinski definition) is 6. The topological polar surface area (TPSA) is 105 Å². The molecule has 0 aliphatic heterocycles. The quantitative estimate of drug-likeness (QED) is 0.156. The van der Waals surface area contributed by atoms with Gasteiger partial charge in [-0.15, -0.1) is 0 Å². The fourth-order valence-corrected chi connectivity index (χ4v) is 7.62. The Hall–Kier alpha value is -4.83. The van der Waals surface area contributed by atoms with Crippen molar-refractivity contribution in [2.24, 2.45) is 0 Å².